The molecule has 0 unspecified atom stereocenters. The Balaban J connectivity index is 2.12. The minimum absolute atomic E-state index is 0.212. The molecule has 0 spiro atoms. The van der Waals surface area contributed by atoms with Crippen LogP contribution in [0.2, 0.25) is 0 Å². The van der Waals surface area contributed by atoms with Crippen molar-refractivity contribution in [3.63, 3.8) is 0 Å². The predicted octanol–water partition coefficient (Wildman–Crippen LogP) is 2.11. The quantitative estimate of drug-likeness (QED) is 0.463. The average Bonchev–Trinajstić information content (AvgIpc) is 3.00. The second kappa shape index (κ2) is 7.32. The van der Waals surface area contributed by atoms with Crippen molar-refractivity contribution in [1.29, 1.82) is 0 Å². The van der Waals surface area contributed by atoms with Gasteiger partial charge in [-0.15, -0.1) is 0 Å². The number of Topliss-reactive ketones (excluding diaryl/α,β-unsaturated/α-hetero) is 1. The lowest BCUT2D eigenvalue weighted by Gasteiger charge is -2.54. The topological polar surface area (TPSA) is 116 Å². The maximum Gasteiger partial charge on any atom is 0.316 e. The van der Waals surface area contributed by atoms with Crippen molar-refractivity contribution < 1.29 is 29.1 Å². The maximum atomic E-state index is 13.4. The third-order valence-corrected chi connectivity index (χ3v) is 6.36. The van der Waals surface area contributed by atoms with Gasteiger partial charge in [0.05, 0.1) is 19.8 Å². The number of hydroxylamine groups is 2. The SMILES string of the molecule is COC(=O)[C@H]1C(=O)[C@H](C(=O)OC)[C@H]2c3ccccc3[C@H]1C2(c1ccccc1)N([O-])O. The number of methoxy groups -OCH3 is 2. The summed E-state index contributed by atoms with van der Waals surface area (Å²) in [7, 11) is 2.27. The summed E-state index contributed by atoms with van der Waals surface area (Å²) < 4.78 is 9.76. The number of esters is 2. The first-order chi connectivity index (χ1) is 14.4. The van der Waals surface area contributed by atoms with E-state index >= 15 is 0 Å². The first-order valence-corrected chi connectivity index (χ1v) is 9.41. The molecule has 1 N–H and O–H groups in total. The molecule has 30 heavy (non-hydrogen) atoms. The van der Waals surface area contributed by atoms with Crippen LogP contribution < -0.4 is 0 Å². The first-order valence-electron chi connectivity index (χ1n) is 9.41. The lowest BCUT2D eigenvalue weighted by atomic mass is 9.57. The predicted molar refractivity (Wildman–Crippen MR) is 103 cm³/mol. The Kier molecular flexibility index (Phi) is 4.93. The van der Waals surface area contributed by atoms with Crippen molar-refractivity contribution in [2.45, 2.75) is 17.4 Å². The van der Waals surface area contributed by atoms with Gasteiger partial charge in [0.1, 0.15) is 11.8 Å². The highest BCUT2D eigenvalue weighted by Crippen LogP contribution is 2.66. The molecule has 1 saturated carbocycles. The van der Waals surface area contributed by atoms with Gasteiger partial charge >= 0.3 is 11.9 Å². The largest absolute Gasteiger partial charge is 0.762 e. The molecule has 0 saturated heterocycles. The van der Waals surface area contributed by atoms with Crippen molar-refractivity contribution in [3.8, 4) is 0 Å². The average molecular weight is 410 g/mol. The van der Waals surface area contributed by atoms with E-state index in [0.29, 0.717) is 16.7 Å². The van der Waals surface area contributed by atoms with Crippen molar-refractivity contribution in [3.05, 3.63) is 76.5 Å². The Hall–Kier alpha value is -3.07. The fourth-order valence-corrected chi connectivity index (χ4v) is 5.31. The van der Waals surface area contributed by atoms with Crippen LogP contribution in [0.5, 0.6) is 0 Å². The van der Waals surface area contributed by atoms with Gasteiger partial charge in [-0.3, -0.25) is 19.6 Å². The third-order valence-electron chi connectivity index (χ3n) is 6.36. The van der Waals surface area contributed by atoms with E-state index in [1.807, 2.05) is 0 Å². The molecular weight excluding hydrogens is 390 g/mol. The molecule has 1 fully saturated rings. The molecule has 4 atom stereocenters. The number of ketones is 1. The molecule has 2 aromatic carbocycles. The Bertz CT molecular complexity index is 951. The van der Waals surface area contributed by atoms with Crippen LogP contribution in [-0.4, -0.2) is 42.4 Å². The molecule has 0 aromatic heterocycles. The highest BCUT2D eigenvalue weighted by atomic mass is 16.8. The Labute approximate surface area is 172 Å². The van der Waals surface area contributed by atoms with Gasteiger partial charge in [0.25, 0.3) is 0 Å². The van der Waals surface area contributed by atoms with Crippen molar-refractivity contribution >= 4 is 17.7 Å². The summed E-state index contributed by atoms with van der Waals surface area (Å²) in [5.41, 5.74) is -0.340. The van der Waals surface area contributed by atoms with E-state index in [4.69, 9.17) is 9.47 Å². The van der Waals surface area contributed by atoms with Gasteiger partial charge in [-0.25, -0.2) is 0 Å². The molecule has 0 radical (unpaired) electrons. The lowest BCUT2D eigenvalue weighted by Crippen LogP contribution is -2.60. The van der Waals surface area contributed by atoms with Gasteiger partial charge in [0.15, 0.2) is 5.78 Å². The zero-order valence-corrected chi connectivity index (χ0v) is 16.3. The van der Waals surface area contributed by atoms with E-state index in [9.17, 15) is 24.8 Å². The number of carbonyl (C=O) groups is 3. The van der Waals surface area contributed by atoms with Gasteiger partial charge in [0, 0.05) is 11.8 Å². The summed E-state index contributed by atoms with van der Waals surface area (Å²) in [6.07, 6.45) is 0. The molecule has 156 valence electrons. The van der Waals surface area contributed by atoms with Gasteiger partial charge in [-0.2, -0.15) is 0 Å². The van der Waals surface area contributed by atoms with Crippen LogP contribution in [0.15, 0.2) is 54.6 Å². The van der Waals surface area contributed by atoms with Gasteiger partial charge < -0.3 is 19.9 Å². The number of hydrogen-bond acceptors (Lipinski definition) is 8. The van der Waals surface area contributed by atoms with E-state index in [0.717, 1.165) is 14.2 Å². The number of hydrogen-bond donors (Lipinski definition) is 1. The first kappa shape index (κ1) is 20.2. The van der Waals surface area contributed by atoms with Gasteiger partial charge in [-0.1, -0.05) is 54.6 Å². The summed E-state index contributed by atoms with van der Waals surface area (Å²) in [4.78, 5) is 38.9. The highest BCUT2D eigenvalue weighted by Gasteiger charge is 2.69. The van der Waals surface area contributed by atoms with Crippen molar-refractivity contribution in [2.75, 3.05) is 14.2 Å². The second-order valence-corrected chi connectivity index (χ2v) is 7.45. The summed E-state index contributed by atoms with van der Waals surface area (Å²) in [5, 5.41) is 23.2. The van der Waals surface area contributed by atoms with E-state index in [1.165, 1.54) is 0 Å². The van der Waals surface area contributed by atoms with Crippen LogP contribution in [0.4, 0.5) is 0 Å². The molecule has 0 heterocycles. The molecular formula is C22H20NO7-. The zero-order chi connectivity index (χ0) is 21.6. The van der Waals surface area contributed by atoms with Gasteiger partial charge in [-0.05, 0) is 16.7 Å². The fourth-order valence-electron chi connectivity index (χ4n) is 5.31. The highest BCUT2D eigenvalue weighted by molar-refractivity contribution is 6.11. The standard InChI is InChI=1S/C22H20NO7/c1-29-20(25)15-17-13-10-6-7-11-14(13)18(16(19(15)24)21(26)30-2)22(17,23(27)28)12-8-4-3-5-9-12/h3-11,15-18,27H,1-2H3/q-1/t15-,16-,17-,18-/m1/s1. The van der Waals surface area contributed by atoms with E-state index in [-0.39, 0.29) is 5.23 Å². The molecule has 2 aliphatic carbocycles. The lowest BCUT2D eigenvalue weighted by molar-refractivity contribution is -0.191. The minimum atomic E-state index is -1.80. The summed E-state index contributed by atoms with van der Waals surface area (Å²) in [6.45, 7) is 0. The fraction of sp³-hybridized carbons (Fsp3) is 0.318. The summed E-state index contributed by atoms with van der Waals surface area (Å²) in [5.74, 6) is -7.49. The van der Waals surface area contributed by atoms with Crippen LogP contribution in [0, 0.1) is 17.0 Å². The Morgan fingerprint density at radius 2 is 1.33 bits per heavy atom. The molecule has 4 rings (SSSR count). The van der Waals surface area contributed by atoms with Crippen LogP contribution >= 0.6 is 0 Å². The van der Waals surface area contributed by atoms with E-state index in [2.05, 4.69) is 0 Å². The smallest absolute Gasteiger partial charge is 0.316 e. The number of benzene rings is 2. The van der Waals surface area contributed by atoms with Crippen LogP contribution in [-0.2, 0) is 29.4 Å². The van der Waals surface area contributed by atoms with E-state index in [1.54, 1.807) is 54.6 Å². The van der Waals surface area contributed by atoms with Gasteiger partial charge in [0.2, 0.25) is 0 Å². The minimum Gasteiger partial charge on any atom is -0.762 e. The van der Waals surface area contributed by atoms with Crippen LogP contribution in [0.3, 0.4) is 0 Å². The number of carbonyl (C=O) groups excluding carboxylic acids is 3. The number of fused-ring (bicyclic) bond motifs is 5. The Morgan fingerprint density at radius 1 is 0.900 bits per heavy atom. The number of rotatable bonds is 4. The molecule has 2 bridgehead atoms. The third kappa shape index (κ3) is 2.48. The molecule has 2 aliphatic rings. The molecule has 0 amide bonds. The second-order valence-electron chi connectivity index (χ2n) is 7.45. The molecule has 8 heteroatoms. The Morgan fingerprint density at radius 3 is 1.73 bits per heavy atom. The number of ether oxygens (including phenoxy) is 2. The molecule has 8 nitrogen and oxygen atoms in total. The van der Waals surface area contributed by atoms with E-state index < -0.39 is 46.9 Å². The van der Waals surface area contributed by atoms with Crippen molar-refractivity contribution in [2.24, 2.45) is 11.8 Å². The summed E-state index contributed by atoms with van der Waals surface area (Å²) in [6, 6.07) is 15.2. The normalized spacial score (nSPS) is 29.4. The van der Waals surface area contributed by atoms with Crippen LogP contribution in [0.25, 0.3) is 0 Å². The molecule has 0 aliphatic heterocycles. The van der Waals surface area contributed by atoms with Crippen LogP contribution in [0.1, 0.15) is 28.5 Å². The summed E-state index contributed by atoms with van der Waals surface area (Å²) >= 11 is 0. The maximum absolute atomic E-state index is 13.4. The number of nitrogens with zero attached hydrogens (tertiary/aromatic N) is 1. The van der Waals surface area contributed by atoms with Crippen molar-refractivity contribution in [1.82, 2.24) is 5.23 Å². The zero-order valence-electron chi connectivity index (χ0n) is 16.3. The monoisotopic (exact) mass is 410 g/mol. The molecule has 2 aromatic rings.